The molecule has 0 saturated carbocycles. The lowest BCUT2D eigenvalue weighted by atomic mass is 10.1. The molecule has 1 aliphatic rings. The summed E-state index contributed by atoms with van der Waals surface area (Å²) in [5, 5.41) is 5.11. The van der Waals surface area contributed by atoms with Gasteiger partial charge in [-0.2, -0.15) is 0 Å². The third-order valence-corrected chi connectivity index (χ3v) is 4.45. The standard InChI is InChI=1S/C15H24N2O2S/c18-15(6-2-1-4-14-5-3-13-20-14)16-7-8-17-9-11-19-12-10-17/h3,5,13H,1-2,4,6-12H2,(H,16,18). The van der Waals surface area contributed by atoms with E-state index in [0.29, 0.717) is 6.42 Å². The molecule has 20 heavy (non-hydrogen) atoms. The average Bonchev–Trinajstić information content (AvgIpc) is 2.98. The second-order valence-corrected chi connectivity index (χ2v) is 6.12. The molecule has 1 aromatic heterocycles. The van der Waals surface area contributed by atoms with E-state index >= 15 is 0 Å². The van der Waals surface area contributed by atoms with Gasteiger partial charge in [-0.1, -0.05) is 6.07 Å². The molecule has 5 heteroatoms. The summed E-state index contributed by atoms with van der Waals surface area (Å²) in [6.45, 7) is 5.29. The third-order valence-electron chi connectivity index (χ3n) is 3.51. The number of hydrogen-bond acceptors (Lipinski definition) is 4. The molecule has 4 nitrogen and oxygen atoms in total. The number of amides is 1. The van der Waals surface area contributed by atoms with Gasteiger partial charge in [0.1, 0.15) is 0 Å². The van der Waals surface area contributed by atoms with Crippen LogP contribution in [0.2, 0.25) is 0 Å². The Hall–Kier alpha value is -0.910. The smallest absolute Gasteiger partial charge is 0.220 e. The molecule has 112 valence electrons. The lowest BCUT2D eigenvalue weighted by Crippen LogP contribution is -2.41. The van der Waals surface area contributed by atoms with Crippen molar-refractivity contribution in [2.24, 2.45) is 0 Å². The number of carbonyl (C=O) groups excluding carboxylic acids is 1. The summed E-state index contributed by atoms with van der Waals surface area (Å²) in [5.41, 5.74) is 0. The van der Waals surface area contributed by atoms with Gasteiger partial charge in [0.2, 0.25) is 5.91 Å². The van der Waals surface area contributed by atoms with E-state index in [4.69, 9.17) is 4.74 Å². The molecular formula is C15H24N2O2S. The Balaban J connectivity index is 1.45. The summed E-state index contributed by atoms with van der Waals surface area (Å²) in [7, 11) is 0. The minimum Gasteiger partial charge on any atom is -0.379 e. The molecule has 1 aliphatic heterocycles. The summed E-state index contributed by atoms with van der Waals surface area (Å²) >= 11 is 1.80. The topological polar surface area (TPSA) is 41.6 Å². The Kier molecular flexibility index (Phi) is 7.05. The first kappa shape index (κ1) is 15.5. The normalized spacial score (nSPS) is 16.2. The van der Waals surface area contributed by atoms with E-state index in [1.165, 1.54) is 4.88 Å². The second-order valence-electron chi connectivity index (χ2n) is 5.09. The van der Waals surface area contributed by atoms with Crippen molar-refractivity contribution in [3.8, 4) is 0 Å². The highest BCUT2D eigenvalue weighted by atomic mass is 32.1. The van der Waals surface area contributed by atoms with E-state index in [2.05, 4.69) is 27.7 Å². The van der Waals surface area contributed by atoms with Gasteiger partial charge in [0.05, 0.1) is 13.2 Å². The van der Waals surface area contributed by atoms with E-state index in [1.807, 2.05) is 0 Å². The van der Waals surface area contributed by atoms with Gasteiger partial charge in [-0.15, -0.1) is 11.3 Å². The summed E-state index contributed by atoms with van der Waals surface area (Å²) in [5.74, 6) is 0.185. The van der Waals surface area contributed by atoms with Crippen LogP contribution in [-0.4, -0.2) is 50.2 Å². The van der Waals surface area contributed by atoms with Crippen LogP contribution in [0.3, 0.4) is 0 Å². The maximum Gasteiger partial charge on any atom is 0.220 e. The first-order chi connectivity index (χ1) is 9.84. The average molecular weight is 296 g/mol. The zero-order valence-electron chi connectivity index (χ0n) is 12.0. The number of rotatable bonds is 8. The maximum absolute atomic E-state index is 11.7. The van der Waals surface area contributed by atoms with Gasteiger partial charge in [0.25, 0.3) is 0 Å². The highest BCUT2D eigenvalue weighted by Gasteiger charge is 2.09. The minimum atomic E-state index is 0.185. The van der Waals surface area contributed by atoms with Crippen molar-refractivity contribution in [3.63, 3.8) is 0 Å². The summed E-state index contributed by atoms with van der Waals surface area (Å²) in [6.07, 6.45) is 3.81. The van der Waals surface area contributed by atoms with Crippen LogP contribution in [0.1, 0.15) is 24.1 Å². The van der Waals surface area contributed by atoms with Crippen LogP contribution in [-0.2, 0) is 16.0 Å². The zero-order chi connectivity index (χ0) is 14.0. The van der Waals surface area contributed by atoms with Crippen molar-refractivity contribution in [3.05, 3.63) is 22.4 Å². The molecule has 0 aliphatic carbocycles. The maximum atomic E-state index is 11.7. The first-order valence-electron chi connectivity index (χ1n) is 7.44. The van der Waals surface area contributed by atoms with E-state index in [9.17, 15) is 4.79 Å². The van der Waals surface area contributed by atoms with Crippen molar-refractivity contribution >= 4 is 17.2 Å². The van der Waals surface area contributed by atoms with Gasteiger partial charge in [-0.25, -0.2) is 0 Å². The Morgan fingerprint density at radius 1 is 1.35 bits per heavy atom. The van der Waals surface area contributed by atoms with Crippen LogP contribution < -0.4 is 5.32 Å². The summed E-state index contributed by atoms with van der Waals surface area (Å²) in [6, 6.07) is 4.24. The Morgan fingerprint density at radius 3 is 2.95 bits per heavy atom. The molecular weight excluding hydrogens is 272 g/mol. The molecule has 1 saturated heterocycles. The fourth-order valence-electron chi connectivity index (χ4n) is 2.31. The molecule has 0 atom stereocenters. The van der Waals surface area contributed by atoms with E-state index in [1.54, 1.807) is 11.3 Å². The van der Waals surface area contributed by atoms with Crippen LogP contribution in [0, 0.1) is 0 Å². The van der Waals surface area contributed by atoms with Crippen LogP contribution in [0.4, 0.5) is 0 Å². The van der Waals surface area contributed by atoms with Gasteiger partial charge in [0, 0.05) is 37.5 Å². The lowest BCUT2D eigenvalue weighted by molar-refractivity contribution is -0.121. The predicted octanol–water partition coefficient (Wildman–Crippen LogP) is 1.91. The lowest BCUT2D eigenvalue weighted by Gasteiger charge is -2.26. The molecule has 2 heterocycles. The highest BCUT2D eigenvalue weighted by molar-refractivity contribution is 7.09. The third kappa shape index (κ3) is 6.03. The molecule has 2 rings (SSSR count). The van der Waals surface area contributed by atoms with Crippen LogP contribution in [0.25, 0.3) is 0 Å². The number of aryl methyl sites for hydroxylation is 1. The molecule has 1 fully saturated rings. The number of unbranched alkanes of at least 4 members (excludes halogenated alkanes) is 1. The van der Waals surface area contributed by atoms with Crippen molar-refractivity contribution < 1.29 is 9.53 Å². The Bertz CT molecular complexity index is 375. The SMILES string of the molecule is O=C(CCCCc1cccs1)NCCN1CCOCC1. The molecule has 0 spiro atoms. The van der Waals surface area contributed by atoms with Crippen LogP contribution in [0.15, 0.2) is 17.5 Å². The van der Waals surface area contributed by atoms with E-state index in [-0.39, 0.29) is 5.91 Å². The minimum absolute atomic E-state index is 0.185. The van der Waals surface area contributed by atoms with Gasteiger partial charge in [0.15, 0.2) is 0 Å². The summed E-state index contributed by atoms with van der Waals surface area (Å²) < 4.78 is 5.30. The van der Waals surface area contributed by atoms with Crippen molar-refractivity contribution in [1.82, 2.24) is 10.2 Å². The molecule has 1 aromatic rings. The number of ether oxygens (including phenoxy) is 1. The monoisotopic (exact) mass is 296 g/mol. The zero-order valence-corrected chi connectivity index (χ0v) is 12.8. The number of hydrogen-bond donors (Lipinski definition) is 1. The van der Waals surface area contributed by atoms with Crippen LogP contribution in [0.5, 0.6) is 0 Å². The van der Waals surface area contributed by atoms with Gasteiger partial charge in [-0.05, 0) is 30.7 Å². The number of nitrogens with one attached hydrogen (secondary N) is 1. The summed E-state index contributed by atoms with van der Waals surface area (Å²) in [4.78, 5) is 15.4. The number of carbonyl (C=O) groups is 1. The van der Waals surface area contributed by atoms with Gasteiger partial charge >= 0.3 is 0 Å². The largest absolute Gasteiger partial charge is 0.379 e. The van der Waals surface area contributed by atoms with Crippen molar-refractivity contribution in [2.45, 2.75) is 25.7 Å². The predicted molar refractivity (Wildman–Crippen MR) is 82.1 cm³/mol. The number of morpholine rings is 1. The van der Waals surface area contributed by atoms with Gasteiger partial charge < -0.3 is 10.1 Å². The number of thiophene rings is 1. The fraction of sp³-hybridized carbons (Fsp3) is 0.667. The Labute approximate surface area is 125 Å². The van der Waals surface area contributed by atoms with Crippen molar-refractivity contribution in [2.75, 3.05) is 39.4 Å². The second kappa shape index (κ2) is 9.10. The first-order valence-corrected chi connectivity index (χ1v) is 8.32. The van der Waals surface area contributed by atoms with Crippen LogP contribution >= 0.6 is 11.3 Å². The molecule has 1 N–H and O–H groups in total. The molecule has 0 radical (unpaired) electrons. The Morgan fingerprint density at radius 2 is 2.20 bits per heavy atom. The molecule has 0 aromatic carbocycles. The van der Waals surface area contributed by atoms with E-state index < -0.39 is 0 Å². The molecule has 0 bridgehead atoms. The highest BCUT2D eigenvalue weighted by Crippen LogP contribution is 2.12. The fourth-order valence-corrected chi connectivity index (χ4v) is 3.06. The molecule has 0 unspecified atom stereocenters. The van der Waals surface area contributed by atoms with E-state index in [0.717, 1.165) is 58.7 Å². The molecule has 1 amide bonds. The number of nitrogens with zero attached hydrogens (tertiary/aromatic N) is 1. The quantitative estimate of drug-likeness (QED) is 0.745. The van der Waals surface area contributed by atoms with Crippen molar-refractivity contribution in [1.29, 1.82) is 0 Å². The van der Waals surface area contributed by atoms with Gasteiger partial charge in [-0.3, -0.25) is 9.69 Å².